The van der Waals surface area contributed by atoms with Gasteiger partial charge in [0, 0.05) is 18.5 Å². The highest BCUT2D eigenvalue weighted by Crippen LogP contribution is 2.11. The number of nitrogen functional groups attached to an aromatic ring is 1. The highest BCUT2D eigenvalue weighted by atomic mass is 35.5. The molecule has 2 atom stereocenters. The van der Waals surface area contributed by atoms with E-state index < -0.39 is 35.7 Å². The smallest absolute Gasteiger partial charge is 0.328 e. The average Bonchev–Trinajstić information content (AvgIpc) is 2.75. The maximum atomic E-state index is 13.2. The molecule has 7 nitrogen and oxygen atoms in total. The van der Waals surface area contributed by atoms with Crippen LogP contribution in [0, 0.1) is 5.82 Å². The second-order valence-corrected chi connectivity index (χ2v) is 7.11. The van der Waals surface area contributed by atoms with Crippen LogP contribution in [-0.4, -0.2) is 42.4 Å². The molecule has 2 aromatic carbocycles. The molecule has 9 heteroatoms. The van der Waals surface area contributed by atoms with Crippen LogP contribution in [0.4, 0.5) is 10.1 Å². The van der Waals surface area contributed by atoms with Crippen molar-refractivity contribution in [2.24, 2.45) is 0 Å². The molecule has 0 bridgehead atoms. The number of esters is 1. The van der Waals surface area contributed by atoms with Gasteiger partial charge in [0.2, 0.25) is 11.8 Å². The Hall–Kier alpha value is -3.13. The fraction of sp³-hybridized carbons (Fsp3) is 0.318. The van der Waals surface area contributed by atoms with Crippen molar-refractivity contribution in [1.29, 1.82) is 0 Å². The fourth-order valence-corrected chi connectivity index (χ4v) is 2.97. The zero-order valence-corrected chi connectivity index (χ0v) is 17.8. The summed E-state index contributed by atoms with van der Waals surface area (Å²) in [6.07, 6.45) is 0.268. The number of halogens is 2. The van der Waals surface area contributed by atoms with Gasteiger partial charge in [-0.05, 0) is 42.3 Å². The van der Waals surface area contributed by atoms with Crippen molar-refractivity contribution in [3.63, 3.8) is 0 Å². The highest BCUT2D eigenvalue weighted by molar-refractivity contribution is 6.27. The Morgan fingerprint density at radius 1 is 0.968 bits per heavy atom. The zero-order valence-electron chi connectivity index (χ0n) is 17.1. The Balaban J connectivity index is 2.19. The lowest BCUT2D eigenvalue weighted by Gasteiger charge is -2.23. The summed E-state index contributed by atoms with van der Waals surface area (Å²) in [6, 6.07) is 10.4. The molecule has 0 unspecified atom stereocenters. The molecule has 0 aliphatic carbocycles. The number of nitrogens with one attached hydrogen (secondary N) is 2. The van der Waals surface area contributed by atoms with E-state index >= 15 is 0 Å². The molecule has 4 N–H and O–H groups in total. The van der Waals surface area contributed by atoms with E-state index in [1.165, 1.54) is 24.3 Å². The monoisotopic (exact) mass is 449 g/mol. The Morgan fingerprint density at radius 2 is 1.52 bits per heavy atom. The number of anilines is 1. The zero-order chi connectivity index (χ0) is 22.8. The van der Waals surface area contributed by atoms with Crippen molar-refractivity contribution in [2.75, 3.05) is 18.2 Å². The van der Waals surface area contributed by atoms with Gasteiger partial charge in [0.1, 0.15) is 23.8 Å². The summed E-state index contributed by atoms with van der Waals surface area (Å²) in [6.45, 7) is 1.78. The normalized spacial score (nSPS) is 12.5. The van der Waals surface area contributed by atoms with Gasteiger partial charge in [0.15, 0.2) is 0 Å². The number of ether oxygens (including phenoxy) is 1. The lowest BCUT2D eigenvalue weighted by molar-refractivity contribution is -0.147. The summed E-state index contributed by atoms with van der Waals surface area (Å²) < 4.78 is 18.3. The van der Waals surface area contributed by atoms with Crippen LogP contribution in [0.3, 0.4) is 0 Å². The summed E-state index contributed by atoms with van der Waals surface area (Å²) in [4.78, 5) is 37.2. The van der Waals surface area contributed by atoms with Crippen molar-refractivity contribution in [3.05, 3.63) is 65.5 Å². The van der Waals surface area contributed by atoms with Crippen LogP contribution in [-0.2, 0) is 32.0 Å². The van der Waals surface area contributed by atoms with Gasteiger partial charge in [-0.2, -0.15) is 0 Å². The van der Waals surface area contributed by atoms with E-state index in [-0.39, 0.29) is 25.3 Å². The Kier molecular flexibility index (Phi) is 9.27. The number of nitrogens with two attached hydrogens (primary N) is 1. The number of hydrogen-bond acceptors (Lipinski definition) is 5. The molecular weight excluding hydrogens is 425 g/mol. The maximum absolute atomic E-state index is 13.2. The minimum absolute atomic E-state index is 0.100. The number of benzene rings is 2. The molecule has 2 rings (SSSR count). The fourth-order valence-electron chi connectivity index (χ4n) is 2.90. The van der Waals surface area contributed by atoms with E-state index in [1.807, 2.05) is 0 Å². The number of carbonyl (C=O) groups excluding carboxylic acids is 3. The van der Waals surface area contributed by atoms with Gasteiger partial charge in [-0.15, -0.1) is 11.6 Å². The summed E-state index contributed by atoms with van der Waals surface area (Å²) in [7, 11) is 0. The molecule has 2 aromatic rings. The molecule has 0 saturated carbocycles. The molecule has 2 amide bonds. The first kappa shape index (κ1) is 24.1. The van der Waals surface area contributed by atoms with Crippen LogP contribution in [0.1, 0.15) is 18.1 Å². The van der Waals surface area contributed by atoms with E-state index in [1.54, 1.807) is 31.2 Å². The molecule has 0 aliphatic heterocycles. The Bertz CT molecular complexity index is 891. The molecule has 0 aliphatic rings. The van der Waals surface area contributed by atoms with Crippen LogP contribution in [0.5, 0.6) is 0 Å². The van der Waals surface area contributed by atoms with E-state index in [2.05, 4.69) is 10.6 Å². The first-order valence-electron chi connectivity index (χ1n) is 9.73. The number of hydrogen-bond donors (Lipinski definition) is 3. The van der Waals surface area contributed by atoms with Gasteiger partial charge in [-0.1, -0.05) is 24.3 Å². The third-order valence-corrected chi connectivity index (χ3v) is 4.68. The van der Waals surface area contributed by atoms with Gasteiger partial charge < -0.3 is 21.1 Å². The van der Waals surface area contributed by atoms with Gasteiger partial charge >= 0.3 is 5.97 Å². The second-order valence-electron chi connectivity index (χ2n) is 6.84. The third-order valence-electron chi connectivity index (χ3n) is 4.43. The summed E-state index contributed by atoms with van der Waals surface area (Å²) in [5, 5.41) is 5.20. The van der Waals surface area contributed by atoms with Gasteiger partial charge in [-0.25, -0.2) is 9.18 Å². The first-order chi connectivity index (χ1) is 14.8. The van der Waals surface area contributed by atoms with Crippen LogP contribution < -0.4 is 16.4 Å². The van der Waals surface area contributed by atoms with Gasteiger partial charge in [0.25, 0.3) is 0 Å². The first-order valence-corrected chi connectivity index (χ1v) is 10.3. The third kappa shape index (κ3) is 7.90. The van der Waals surface area contributed by atoms with Crippen LogP contribution in [0.15, 0.2) is 48.5 Å². The molecule has 0 fully saturated rings. The molecule has 0 radical (unpaired) electrons. The molecule has 0 heterocycles. The molecule has 0 saturated heterocycles. The Morgan fingerprint density at radius 3 is 2.06 bits per heavy atom. The topological polar surface area (TPSA) is 111 Å². The molecule has 31 heavy (non-hydrogen) atoms. The summed E-state index contributed by atoms with van der Waals surface area (Å²) in [5.41, 5.74) is 7.65. The van der Waals surface area contributed by atoms with Gasteiger partial charge in [0.05, 0.1) is 6.61 Å². The summed E-state index contributed by atoms with van der Waals surface area (Å²) in [5.74, 6) is -2.45. The molecule has 166 valence electrons. The minimum atomic E-state index is -1.01. The van der Waals surface area contributed by atoms with Gasteiger partial charge in [-0.3, -0.25) is 9.59 Å². The number of alkyl halides is 1. The minimum Gasteiger partial charge on any atom is -0.464 e. The van der Waals surface area contributed by atoms with E-state index in [0.29, 0.717) is 11.3 Å². The SMILES string of the molecule is CCOC(=O)[C@H](Cc1ccc(F)cc1)NC(=O)[C@H](Cc1ccc(N)cc1)NC(=O)CCl. The van der Waals surface area contributed by atoms with E-state index in [0.717, 1.165) is 5.56 Å². The predicted octanol–water partition coefficient (Wildman–Crippen LogP) is 1.96. The molecular formula is C22H25ClFN3O4. The standard InChI is InChI=1S/C22H25ClFN3O4/c1-2-31-22(30)19(12-14-3-7-16(24)8-4-14)27-21(29)18(26-20(28)13-23)11-15-5-9-17(25)10-6-15/h3-10,18-19H,2,11-13,25H2,1H3,(H,26,28)(H,27,29)/t18-,19-/m0/s1. The summed E-state index contributed by atoms with van der Waals surface area (Å²) >= 11 is 5.58. The lowest BCUT2D eigenvalue weighted by Crippen LogP contribution is -2.53. The lowest BCUT2D eigenvalue weighted by atomic mass is 10.0. The highest BCUT2D eigenvalue weighted by Gasteiger charge is 2.28. The number of carbonyl (C=O) groups is 3. The molecule has 0 aromatic heterocycles. The van der Waals surface area contributed by atoms with Crippen LogP contribution in [0.2, 0.25) is 0 Å². The quantitative estimate of drug-likeness (QED) is 0.292. The maximum Gasteiger partial charge on any atom is 0.328 e. The van der Waals surface area contributed by atoms with Crippen molar-refractivity contribution in [3.8, 4) is 0 Å². The van der Waals surface area contributed by atoms with E-state index in [4.69, 9.17) is 22.1 Å². The van der Waals surface area contributed by atoms with Crippen molar-refractivity contribution < 1.29 is 23.5 Å². The number of amides is 2. The molecule has 0 spiro atoms. The number of rotatable bonds is 10. The second kappa shape index (κ2) is 11.9. The van der Waals surface area contributed by atoms with Crippen LogP contribution in [0.25, 0.3) is 0 Å². The van der Waals surface area contributed by atoms with Crippen molar-refractivity contribution >= 4 is 35.1 Å². The van der Waals surface area contributed by atoms with Crippen LogP contribution >= 0.6 is 11.6 Å². The van der Waals surface area contributed by atoms with Crippen molar-refractivity contribution in [1.82, 2.24) is 10.6 Å². The van der Waals surface area contributed by atoms with Crippen molar-refractivity contribution in [2.45, 2.75) is 31.8 Å². The largest absolute Gasteiger partial charge is 0.464 e. The Labute approximate surface area is 185 Å². The average molecular weight is 450 g/mol. The van der Waals surface area contributed by atoms with E-state index in [9.17, 15) is 18.8 Å². The predicted molar refractivity (Wildman–Crippen MR) is 116 cm³/mol.